The summed E-state index contributed by atoms with van der Waals surface area (Å²) >= 11 is 0. The molecule has 8 nitrogen and oxygen atoms in total. The zero-order valence-electron chi connectivity index (χ0n) is 18.2. The van der Waals surface area contributed by atoms with Gasteiger partial charge in [0.15, 0.2) is 17.4 Å². The van der Waals surface area contributed by atoms with Crippen molar-refractivity contribution in [3.63, 3.8) is 0 Å². The predicted molar refractivity (Wildman–Crippen MR) is 136 cm³/mol. The van der Waals surface area contributed by atoms with Gasteiger partial charge in [-0.1, -0.05) is 12.1 Å². The van der Waals surface area contributed by atoms with E-state index >= 15 is 0 Å². The Balaban J connectivity index is 0.00000289. The minimum absolute atomic E-state index is 0. The van der Waals surface area contributed by atoms with E-state index in [1.165, 1.54) is 11.1 Å². The largest absolute Gasteiger partial charge is 0.439 e. The maximum atomic E-state index is 5.92. The maximum absolute atomic E-state index is 5.92. The molecule has 4 aromatic rings. The summed E-state index contributed by atoms with van der Waals surface area (Å²) < 4.78 is 7.87. The van der Waals surface area contributed by atoms with Gasteiger partial charge < -0.3 is 15.4 Å². The molecule has 3 heterocycles. The molecule has 3 aromatic heterocycles. The fraction of sp³-hybridized carbons (Fsp3) is 0.217. The van der Waals surface area contributed by atoms with E-state index in [-0.39, 0.29) is 24.0 Å². The highest BCUT2D eigenvalue weighted by molar-refractivity contribution is 14.0. The Labute approximate surface area is 204 Å². The predicted octanol–water partition coefficient (Wildman–Crippen LogP) is 4.02. The molecule has 0 saturated carbocycles. The molecule has 2 N–H and O–H groups in total. The van der Waals surface area contributed by atoms with Crippen molar-refractivity contribution in [1.29, 1.82) is 0 Å². The molecule has 1 aromatic carbocycles. The first-order chi connectivity index (χ1) is 15.1. The summed E-state index contributed by atoms with van der Waals surface area (Å²) in [5.74, 6) is 2.81. The van der Waals surface area contributed by atoms with Crippen LogP contribution in [0.1, 0.15) is 22.5 Å². The molecule has 0 amide bonds. The molecule has 0 aliphatic heterocycles. The smallest absolute Gasteiger partial charge is 0.219 e. The average molecular weight is 543 g/mol. The zero-order chi connectivity index (χ0) is 21.6. The van der Waals surface area contributed by atoms with Gasteiger partial charge in [-0.05, 0) is 60.9 Å². The maximum Gasteiger partial charge on any atom is 0.219 e. The number of nitrogens with one attached hydrogen (secondary N) is 2. The number of aromatic nitrogens is 4. The van der Waals surface area contributed by atoms with Gasteiger partial charge in [0.2, 0.25) is 5.88 Å². The van der Waals surface area contributed by atoms with Crippen LogP contribution < -0.4 is 15.4 Å². The normalized spacial score (nSPS) is 11.2. The highest BCUT2D eigenvalue weighted by atomic mass is 127. The summed E-state index contributed by atoms with van der Waals surface area (Å²) in [4.78, 5) is 8.60. The standard InChI is InChI=1S/C23H25N7O.HI/c1-16-7-8-19(12-17(16)2)31-22-13-18(9-10-25-22)14-26-23(24-3)27-15-21-29-28-20-6-4-5-11-30(20)21;/h4-13H,14-15H2,1-3H3,(H2,24,26,27);1H. The molecule has 0 saturated heterocycles. The number of pyridine rings is 2. The number of fused-ring (bicyclic) bond motifs is 1. The number of guanidine groups is 1. The second kappa shape index (κ2) is 10.9. The second-order valence-corrected chi connectivity index (χ2v) is 7.17. The Morgan fingerprint density at radius 2 is 1.84 bits per heavy atom. The fourth-order valence-corrected chi connectivity index (χ4v) is 3.10. The highest BCUT2D eigenvalue weighted by Crippen LogP contribution is 2.22. The van der Waals surface area contributed by atoms with Gasteiger partial charge in [-0.3, -0.25) is 9.39 Å². The number of rotatable bonds is 6. The Hall–Kier alpha value is -3.21. The van der Waals surface area contributed by atoms with Gasteiger partial charge in [0.1, 0.15) is 5.75 Å². The number of hydrogen-bond acceptors (Lipinski definition) is 5. The third-order valence-electron chi connectivity index (χ3n) is 4.98. The summed E-state index contributed by atoms with van der Waals surface area (Å²) in [6.45, 7) is 5.22. The second-order valence-electron chi connectivity index (χ2n) is 7.17. The van der Waals surface area contributed by atoms with E-state index in [1.807, 2.05) is 59.1 Å². The van der Waals surface area contributed by atoms with Crippen LogP contribution in [-0.2, 0) is 13.1 Å². The van der Waals surface area contributed by atoms with Crippen molar-refractivity contribution in [2.75, 3.05) is 7.05 Å². The van der Waals surface area contributed by atoms with Crippen LogP contribution in [0.2, 0.25) is 0 Å². The van der Waals surface area contributed by atoms with E-state index in [4.69, 9.17) is 4.74 Å². The van der Waals surface area contributed by atoms with Gasteiger partial charge in [-0.2, -0.15) is 0 Å². The van der Waals surface area contributed by atoms with E-state index in [2.05, 4.69) is 44.7 Å². The van der Waals surface area contributed by atoms with Crippen LogP contribution in [0.3, 0.4) is 0 Å². The van der Waals surface area contributed by atoms with Crippen LogP contribution in [-0.4, -0.2) is 32.6 Å². The van der Waals surface area contributed by atoms with E-state index in [9.17, 15) is 0 Å². The number of nitrogens with zero attached hydrogens (tertiary/aromatic N) is 5. The van der Waals surface area contributed by atoms with Crippen molar-refractivity contribution >= 4 is 35.6 Å². The van der Waals surface area contributed by atoms with E-state index in [1.54, 1.807) is 13.2 Å². The van der Waals surface area contributed by atoms with Crippen LogP contribution >= 0.6 is 24.0 Å². The molecule has 32 heavy (non-hydrogen) atoms. The summed E-state index contributed by atoms with van der Waals surface area (Å²) in [6, 6.07) is 15.7. The first kappa shape index (κ1) is 23.5. The number of ether oxygens (including phenoxy) is 1. The minimum atomic E-state index is 0. The van der Waals surface area contributed by atoms with E-state index in [0.717, 1.165) is 22.8 Å². The summed E-state index contributed by atoms with van der Waals surface area (Å²) in [7, 11) is 1.73. The lowest BCUT2D eigenvalue weighted by Crippen LogP contribution is -2.36. The lowest BCUT2D eigenvalue weighted by Gasteiger charge is -2.12. The van der Waals surface area contributed by atoms with Crippen LogP contribution in [0.5, 0.6) is 11.6 Å². The van der Waals surface area contributed by atoms with Crippen molar-refractivity contribution < 1.29 is 4.74 Å². The van der Waals surface area contributed by atoms with E-state index in [0.29, 0.717) is 24.9 Å². The number of aryl methyl sites for hydroxylation is 2. The molecule has 0 aliphatic rings. The van der Waals surface area contributed by atoms with Crippen LogP contribution in [0.15, 0.2) is 65.9 Å². The van der Waals surface area contributed by atoms with Crippen LogP contribution in [0.4, 0.5) is 0 Å². The van der Waals surface area contributed by atoms with Gasteiger partial charge in [0, 0.05) is 32.1 Å². The Morgan fingerprint density at radius 3 is 2.66 bits per heavy atom. The van der Waals surface area contributed by atoms with Crippen molar-refractivity contribution in [2.45, 2.75) is 26.9 Å². The van der Waals surface area contributed by atoms with Crippen molar-refractivity contribution in [2.24, 2.45) is 4.99 Å². The quantitative estimate of drug-likeness (QED) is 0.217. The fourth-order valence-electron chi connectivity index (χ4n) is 3.10. The summed E-state index contributed by atoms with van der Waals surface area (Å²) in [5.41, 5.74) is 4.27. The molecule has 0 unspecified atom stereocenters. The molecule has 0 spiro atoms. The molecule has 9 heteroatoms. The van der Waals surface area contributed by atoms with Gasteiger partial charge in [0.05, 0.1) is 6.54 Å². The Morgan fingerprint density at radius 1 is 1.00 bits per heavy atom. The molecular weight excluding hydrogens is 517 g/mol. The average Bonchev–Trinajstić information content (AvgIpc) is 3.20. The van der Waals surface area contributed by atoms with Crippen LogP contribution in [0, 0.1) is 13.8 Å². The topological polar surface area (TPSA) is 88.7 Å². The number of halogens is 1. The van der Waals surface area contributed by atoms with Crippen molar-refractivity contribution in [3.05, 3.63) is 83.4 Å². The van der Waals surface area contributed by atoms with Crippen LogP contribution in [0.25, 0.3) is 5.65 Å². The zero-order valence-corrected chi connectivity index (χ0v) is 20.6. The van der Waals surface area contributed by atoms with Gasteiger partial charge in [0.25, 0.3) is 0 Å². The molecule has 0 aliphatic carbocycles. The van der Waals surface area contributed by atoms with Gasteiger partial charge in [-0.15, -0.1) is 34.2 Å². The summed E-state index contributed by atoms with van der Waals surface area (Å²) in [6.07, 6.45) is 3.68. The number of aliphatic imine (C=N–C) groups is 1. The molecule has 0 radical (unpaired) electrons. The molecule has 0 fully saturated rings. The summed E-state index contributed by atoms with van der Waals surface area (Å²) in [5, 5.41) is 15.0. The molecule has 4 rings (SSSR count). The first-order valence-electron chi connectivity index (χ1n) is 10.1. The first-order valence-corrected chi connectivity index (χ1v) is 10.1. The number of benzene rings is 1. The minimum Gasteiger partial charge on any atom is -0.439 e. The van der Waals surface area contributed by atoms with Crippen molar-refractivity contribution in [3.8, 4) is 11.6 Å². The van der Waals surface area contributed by atoms with Crippen molar-refractivity contribution in [1.82, 2.24) is 30.2 Å². The van der Waals surface area contributed by atoms with Gasteiger partial charge in [-0.25, -0.2) is 4.98 Å². The van der Waals surface area contributed by atoms with Gasteiger partial charge >= 0.3 is 0 Å². The Bertz CT molecular complexity index is 1220. The third-order valence-corrected chi connectivity index (χ3v) is 4.98. The number of hydrogen-bond donors (Lipinski definition) is 2. The lowest BCUT2D eigenvalue weighted by molar-refractivity contribution is 0.461. The molecule has 0 atom stereocenters. The van der Waals surface area contributed by atoms with E-state index < -0.39 is 0 Å². The Kier molecular flexibility index (Phi) is 7.98. The molecular formula is C23H26IN7O. The lowest BCUT2D eigenvalue weighted by atomic mass is 10.1. The molecule has 166 valence electrons. The molecule has 0 bridgehead atoms. The highest BCUT2D eigenvalue weighted by Gasteiger charge is 2.07. The SMILES string of the molecule is CN=C(NCc1ccnc(Oc2ccc(C)c(C)c2)c1)NCc1nnc2ccccn12.I. The monoisotopic (exact) mass is 543 g/mol. The third kappa shape index (κ3) is 5.72.